The van der Waals surface area contributed by atoms with Gasteiger partial charge in [0.05, 0.1) is 18.5 Å². The van der Waals surface area contributed by atoms with Crippen molar-refractivity contribution in [2.24, 2.45) is 0 Å². The van der Waals surface area contributed by atoms with Crippen LogP contribution in [0.1, 0.15) is 11.1 Å². The van der Waals surface area contributed by atoms with Gasteiger partial charge in [0.25, 0.3) is 0 Å². The molecule has 1 aromatic carbocycles. The van der Waals surface area contributed by atoms with Gasteiger partial charge in [-0.2, -0.15) is 0 Å². The number of hydrogen-bond acceptors (Lipinski definition) is 3. The molecule has 15 heavy (non-hydrogen) atoms. The number of aliphatic hydroxyl groups is 1. The monoisotopic (exact) mass is 200 g/mol. The molecule has 2 rings (SSSR count). The zero-order valence-electron chi connectivity index (χ0n) is 8.51. The number of rotatable bonds is 2. The Kier molecular flexibility index (Phi) is 2.74. The second kappa shape index (κ2) is 4.19. The van der Waals surface area contributed by atoms with Crippen LogP contribution < -0.4 is 0 Å². The molecule has 0 spiro atoms. The fourth-order valence-corrected chi connectivity index (χ4v) is 1.45. The summed E-state index contributed by atoms with van der Waals surface area (Å²) in [6.07, 6.45) is 5.02. The topological polar surface area (TPSA) is 46.0 Å². The molecule has 0 saturated carbocycles. The first-order chi connectivity index (χ1) is 7.31. The minimum atomic E-state index is 0.0555. The lowest BCUT2D eigenvalue weighted by atomic mass is 10.0. The van der Waals surface area contributed by atoms with Crippen LogP contribution in [0.5, 0.6) is 0 Å². The van der Waals surface area contributed by atoms with E-state index in [-0.39, 0.29) is 6.61 Å². The summed E-state index contributed by atoms with van der Waals surface area (Å²) in [5.74, 6) is 0. The van der Waals surface area contributed by atoms with Crippen LogP contribution in [-0.4, -0.2) is 15.1 Å². The van der Waals surface area contributed by atoms with Crippen molar-refractivity contribution in [3.05, 3.63) is 47.9 Å². The summed E-state index contributed by atoms with van der Waals surface area (Å²) < 4.78 is 0. The fourth-order valence-electron chi connectivity index (χ4n) is 1.45. The van der Waals surface area contributed by atoms with Gasteiger partial charge in [-0.1, -0.05) is 12.1 Å². The highest BCUT2D eigenvalue weighted by Crippen LogP contribution is 2.19. The Bertz CT molecular complexity index is 454. The maximum atomic E-state index is 9.15. The van der Waals surface area contributed by atoms with E-state index in [1.807, 2.05) is 25.1 Å². The Balaban J connectivity index is 2.46. The van der Waals surface area contributed by atoms with E-state index in [1.54, 1.807) is 18.6 Å². The first kappa shape index (κ1) is 9.80. The minimum absolute atomic E-state index is 0.0555. The number of aromatic nitrogens is 2. The van der Waals surface area contributed by atoms with E-state index in [9.17, 15) is 0 Å². The Morgan fingerprint density at radius 2 is 2.13 bits per heavy atom. The molecule has 0 fully saturated rings. The predicted octanol–water partition coefficient (Wildman–Crippen LogP) is 1.94. The van der Waals surface area contributed by atoms with Crippen molar-refractivity contribution in [2.45, 2.75) is 13.5 Å². The van der Waals surface area contributed by atoms with Crippen molar-refractivity contribution in [1.29, 1.82) is 0 Å². The van der Waals surface area contributed by atoms with Crippen LogP contribution >= 0.6 is 0 Å². The summed E-state index contributed by atoms with van der Waals surface area (Å²) in [6.45, 7) is 2.03. The molecule has 76 valence electrons. The minimum Gasteiger partial charge on any atom is -0.392 e. The molecule has 3 nitrogen and oxygen atoms in total. The Morgan fingerprint density at radius 3 is 2.80 bits per heavy atom. The molecule has 2 aromatic rings. The van der Waals surface area contributed by atoms with Gasteiger partial charge in [-0.05, 0) is 24.1 Å². The molecule has 0 bridgehead atoms. The van der Waals surface area contributed by atoms with Crippen LogP contribution in [0.3, 0.4) is 0 Å². The first-order valence-corrected chi connectivity index (χ1v) is 4.78. The fraction of sp³-hybridized carbons (Fsp3) is 0.167. The van der Waals surface area contributed by atoms with E-state index in [2.05, 4.69) is 9.97 Å². The van der Waals surface area contributed by atoms with E-state index >= 15 is 0 Å². The molecule has 0 radical (unpaired) electrons. The lowest BCUT2D eigenvalue weighted by Crippen LogP contribution is -1.91. The van der Waals surface area contributed by atoms with Crippen LogP contribution in [0.25, 0.3) is 11.3 Å². The predicted molar refractivity (Wildman–Crippen MR) is 58.1 cm³/mol. The smallest absolute Gasteiger partial charge is 0.0885 e. The summed E-state index contributed by atoms with van der Waals surface area (Å²) >= 11 is 0. The van der Waals surface area contributed by atoms with Crippen molar-refractivity contribution < 1.29 is 5.11 Å². The highest BCUT2D eigenvalue weighted by molar-refractivity contribution is 5.59. The van der Waals surface area contributed by atoms with Gasteiger partial charge in [-0.25, -0.2) is 0 Å². The van der Waals surface area contributed by atoms with Crippen molar-refractivity contribution in [1.82, 2.24) is 9.97 Å². The van der Waals surface area contributed by atoms with Crippen LogP contribution in [0.2, 0.25) is 0 Å². The molecule has 1 heterocycles. The SMILES string of the molecule is Cc1ccc(-c2cnccn2)cc1CO. The summed E-state index contributed by atoms with van der Waals surface area (Å²) in [4.78, 5) is 8.22. The molecule has 0 aliphatic heterocycles. The van der Waals surface area contributed by atoms with Gasteiger partial charge in [-0.15, -0.1) is 0 Å². The van der Waals surface area contributed by atoms with Crippen LogP contribution in [0.4, 0.5) is 0 Å². The Hall–Kier alpha value is -1.74. The van der Waals surface area contributed by atoms with Gasteiger partial charge in [0, 0.05) is 18.0 Å². The molecule has 0 unspecified atom stereocenters. The van der Waals surface area contributed by atoms with Crippen molar-refractivity contribution >= 4 is 0 Å². The van der Waals surface area contributed by atoms with E-state index in [0.29, 0.717) is 0 Å². The third-order valence-corrected chi connectivity index (χ3v) is 2.38. The average Bonchev–Trinajstić information content (AvgIpc) is 2.31. The highest BCUT2D eigenvalue weighted by atomic mass is 16.3. The zero-order chi connectivity index (χ0) is 10.7. The van der Waals surface area contributed by atoms with E-state index in [0.717, 1.165) is 22.4 Å². The second-order valence-corrected chi connectivity index (χ2v) is 3.39. The summed E-state index contributed by atoms with van der Waals surface area (Å²) in [6, 6.07) is 5.91. The Labute approximate surface area is 88.5 Å². The van der Waals surface area contributed by atoms with Gasteiger partial charge in [0.1, 0.15) is 0 Å². The molecular weight excluding hydrogens is 188 g/mol. The number of benzene rings is 1. The molecule has 0 saturated heterocycles. The van der Waals surface area contributed by atoms with Gasteiger partial charge >= 0.3 is 0 Å². The molecule has 0 atom stereocenters. The second-order valence-electron chi connectivity index (χ2n) is 3.39. The quantitative estimate of drug-likeness (QED) is 0.805. The summed E-state index contributed by atoms with van der Waals surface area (Å²) in [7, 11) is 0. The normalized spacial score (nSPS) is 10.3. The van der Waals surface area contributed by atoms with Gasteiger partial charge in [0.15, 0.2) is 0 Å². The maximum absolute atomic E-state index is 9.15. The Morgan fingerprint density at radius 1 is 1.27 bits per heavy atom. The van der Waals surface area contributed by atoms with E-state index in [1.165, 1.54) is 0 Å². The van der Waals surface area contributed by atoms with Crippen molar-refractivity contribution in [3.63, 3.8) is 0 Å². The lowest BCUT2D eigenvalue weighted by Gasteiger charge is -2.05. The highest BCUT2D eigenvalue weighted by Gasteiger charge is 2.02. The van der Waals surface area contributed by atoms with Gasteiger partial charge in [-0.3, -0.25) is 9.97 Å². The molecule has 3 heteroatoms. The third kappa shape index (κ3) is 2.02. The standard InChI is InChI=1S/C12H12N2O/c1-9-2-3-10(6-11(9)8-15)12-7-13-4-5-14-12/h2-7,15H,8H2,1H3. The van der Waals surface area contributed by atoms with E-state index in [4.69, 9.17) is 5.11 Å². The molecule has 0 amide bonds. The van der Waals surface area contributed by atoms with Gasteiger partial charge < -0.3 is 5.11 Å². The average molecular weight is 200 g/mol. The molecule has 1 N–H and O–H groups in total. The maximum Gasteiger partial charge on any atom is 0.0885 e. The molecule has 0 aliphatic carbocycles. The van der Waals surface area contributed by atoms with Crippen LogP contribution in [0.15, 0.2) is 36.8 Å². The number of aryl methyl sites for hydroxylation is 1. The number of hydrogen-bond donors (Lipinski definition) is 1. The van der Waals surface area contributed by atoms with Crippen molar-refractivity contribution in [2.75, 3.05) is 0 Å². The van der Waals surface area contributed by atoms with Crippen LogP contribution in [0, 0.1) is 6.92 Å². The van der Waals surface area contributed by atoms with Crippen LogP contribution in [-0.2, 0) is 6.61 Å². The van der Waals surface area contributed by atoms with Gasteiger partial charge in [0.2, 0.25) is 0 Å². The zero-order valence-corrected chi connectivity index (χ0v) is 8.51. The largest absolute Gasteiger partial charge is 0.392 e. The van der Waals surface area contributed by atoms with E-state index < -0.39 is 0 Å². The summed E-state index contributed by atoms with van der Waals surface area (Å²) in [5, 5.41) is 9.15. The third-order valence-electron chi connectivity index (χ3n) is 2.38. The molecule has 1 aromatic heterocycles. The number of nitrogens with zero attached hydrogens (tertiary/aromatic N) is 2. The van der Waals surface area contributed by atoms with Crippen molar-refractivity contribution in [3.8, 4) is 11.3 Å². The lowest BCUT2D eigenvalue weighted by molar-refractivity contribution is 0.281. The first-order valence-electron chi connectivity index (χ1n) is 4.78. The molecule has 0 aliphatic rings. The number of aliphatic hydroxyl groups excluding tert-OH is 1. The summed E-state index contributed by atoms with van der Waals surface area (Å²) in [5.41, 5.74) is 3.83. The molecular formula is C12H12N2O.